The van der Waals surface area contributed by atoms with Crippen LogP contribution in [-0.2, 0) is 6.54 Å². The number of H-pyrrole nitrogens is 1. The van der Waals surface area contributed by atoms with Gasteiger partial charge >= 0.3 is 0 Å². The smallest absolute Gasteiger partial charge is 0.263 e. The lowest BCUT2D eigenvalue weighted by molar-refractivity contribution is 0.0784. The first-order valence-corrected chi connectivity index (χ1v) is 10.0. The number of fused-ring (bicyclic) bond motifs is 1. The SMILES string of the molecule is CCOc1cc(C(=O)N(C)Cc2cncc3cn[nH]c23)cnc1-c1cccc(C(F)F)c1. The molecule has 0 aliphatic rings. The van der Waals surface area contributed by atoms with Crippen molar-refractivity contribution in [3.05, 3.63) is 71.8 Å². The second-order valence-electron chi connectivity index (χ2n) is 7.22. The van der Waals surface area contributed by atoms with Crippen molar-refractivity contribution in [2.24, 2.45) is 0 Å². The normalized spacial score (nSPS) is 11.2. The Hall–Kier alpha value is -3.88. The van der Waals surface area contributed by atoms with Gasteiger partial charge in [-0.1, -0.05) is 18.2 Å². The van der Waals surface area contributed by atoms with E-state index in [1.807, 2.05) is 0 Å². The van der Waals surface area contributed by atoms with E-state index in [0.717, 1.165) is 16.5 Å². The van der Waals surface area contributed by atoms with Crippen LogP contribution in [0.3, 0.4) is 0 Å². The Balaban J connectivity index is 1.62. The number of rotatable bonds is 7. The number of nitrogens with zero attached hydrogens (tertiary/aromatic N) is 4. The summed E-state index contributed by atoms with van der Waals surface area (Å²) in [6.07, 6.45) is 3.90. The molecule has 4 rings (SSSR count). The molecule has 0 unspecified atom stereocenters. The van der Waals surface area contributed by atoms with Gasteiger partial charge in [-0.15, -0.1) is 0 Å². The fourth-order valence-electron chi connectivity index (χ4n) is 3.46. The van der Waals surface area contributed by atoms with Gasteiger partial charge in [-0.25, -0.2) is 8.78 Å². The Bertz CT molecular complexity index is 1260. The minimum Gasteiger partial charge on any atom is -0.492 e. The minimum absolute atomic E-state index is 0.103. The van der Waals surface area contributed by atoms with E-state index in [9.17, 15) is 13.6 Å². The summed E-state index contributed by atoms with van der Waals surface area (Å²) in [4.78, 5) is 23.2. The van der Waals surface area contributed by atoms with E-state index in [2.05, 4.69) is 20.2 Å². The topological polar surface area (TPSA) is 84.0 Å². The van der Waals surface area contributed by atoms with Crippen LogP contribution in [-0.4, -0.2) is 44.6 Å². The maximum absolute atomic E-state index is 13.1. The Morgan fingerprint density at radius 1 is 1.19 bits per heavy atom. The van der Waals surface area contributed by atoms with Crippen molar-refractivity contribution in [3.63, 3.8) is 0 Å². The predicted octanol–water partition coefficient (Wildman–Crippen LogP) is 4.63. The van der Waals surface area contributed by atoms with Crippen LogP contribution in [0.15, 0.2) is 55.1 Å². The fraction of sp³-hybridized carbons (Fsp3) is 0.217. The summed E-state index contributed by atoms with van der Waals surface area (Å²) in [7, 11) is 1.68. The lowest BCUT2D eigenvalue weighted by atomic mass is 10.1. The van der Waals surface area contributed by atoms with Gasteiger partial charge in [-0.05, 0) is 19.1 Å². The molecule has 0 saturated heterocycles. The van der Waals surface area contributed by atoms with Crippen molar-refractivity contribution in [1.82, 2.24) is 25.1 Å². The van der Waals surface area contributed by atoms with Crippen LogP contribution in [0.4, 0.5) is 8.78 Å². The average Bonchev–Trinajstić information content (AvgIpc) is 3.29. The maximum atomic E-state index is 13.1. The second-order valence-corrected chi connectivity index (χ2v) is 7.22. The van der Waals surface area contributed by atoms with E-state index >= 15 is 0 Å². The zero-order valence-corrected chi connectivity index (χ0v) is 17.5. The third-order valence-corrected chi connectivity index (χ3v) is 5.00. The highest BCUT2D eigenvalue weighted by atomic mass is 19.3. The standard InChI is InChI=1S/C23H21F2N5O2/c1-3-32-19-8-16(11-27-21(19)14-5-4-6-15(7-14)22(24)25)23(31)30(2)13-18-10-26-9-17-12-28-29-20(17)18/h4-12,22H,3,13H2,1-2H3,(H,28,29). The van der Waals surface area contributed by atoms with Crippen LogP contribution in [0.5, 0.6) is 5.75 Å². The van der Waals surface area contributed by atoms with Crippen LogP contribution < -0.4 is 4.74 Å². The third kappa shape index (κ3) is 4.27. The zero-order chi connectivity index (χ0) is 22.7. The number of halogens is 2. The van der Waals surface area contributed by atoms with Crippen molar-refractivity contribution in [3.8, 4) is 17.0 Å². The van der Waals surface area contributed by atoms with E-state index < -0.39 is 6.43 Å². The van der Waals surface area contributed by atoms with Crippen molar-refractivity contribution >= 4 is 16.8 Å². The third-order valence-electron chi connectivity index (χ3n) is 5.00. The molecule has 0 radical (unpaired) electrons. The molecule has 0 spiro atoms. The first-order valence-electron chi connectivity index (χ1n) is 10.0. The van der Waals surface area contributed by atoms with Gasteiger partial charge in [0.1, 0.15) is 11.4 Å². The Morgan fingerprint density at radius 3 is 2.81 bits per heavy atom. The summed E-state index contributed by atoms with van der Waals surface area (Å²) < 4.78 is 31.9. The van der Waals surface area contributed by atoms with Gasteiger partial charge in [0.05, 0.1) is 23.9 Å². The molecule has 0 aliphatic carbocycles. The van der Waals surface area contributed by atoms with Gasteiger partial charge in [0.15, 0.2) is 0 Å². The summed E-state index contributed by atoms with van der Waals surface area (Å²) in [5.41, 5.74) is 2.77. The highest BCUT2D eigenvalue weighted by molar-refractivity contribution is 5.95. The van der Waals surface area contributed by atoms with Gasteiger partial charge in [-0.2, -0.15) is 5.10 Å². The van der Waals surface area contributed by atoms with E-state index in [1.54, 1.807) is 55.7 Å². The number of carbonyl (C=O) groups is 1. The first kappa shape index (κ1) is 21.4. The molecule has 0 bridgehead atoms. The predicted molar refractivity (Wildman–Crippen MR) is 115 cm³/mol. The van der Waals surface area contributed by atoms with Crippen LogP contribution in [0.1, 0.15) is 34.8 Å². The lowest BCUT2D eigenvalue weighted by Crippen LogP contribution is -2.26. The summed E-state index contributed by atoms with van der Waals surface area (Å²) in [6, 6.07) is 7.56. The molecule has 3 aromatic heterocycles. The summed E-state index contributed by atoms with van der Waals surface area (Å²) >= 11 is 0. The van der Waals surface area contributed by atoms with Gasteiger partial charge in [-0.3, -0.25) is 19.9 Å². The van der Waals surface area contributed by atoms with E-state index in [1.165, 1.54) is 18.3 Å². The second kappa shape index (κ2) is 9.09. The number of hydrogen-bond donors (Lipinski definition) is 1. The van der Waals surface area contributed by atoms with Crippen LogP contribution in [0.25, 0.3) is 22.2 Å². The minimum atomic E-state index is -2.59. The molecule has 9 heteroatoms. The fourth-order valence-corrected chi connectivity index (χ4v) is 3.46. The molecule has 1 amide bonds. The number of benzene rings is 1. The van der Waals surface area contributed by atoms with Crippen LogP contribution in [0.2, 0.25) is 0 Å². The largest absolute Gasteiger partial charge is 0.492 e. The molecule has 0 saturated carbocycles. The highest BCUT2D eigenvalue weighted by Crippen LogP contribution is 2.32. The number of amides is 1. The monoisotopic (exact) mass is 437 g/mol. The van der Waals surface area contributed by atoms with Crippen molar-refractivity contribution in [2.75, 3.05) is 13.7 Å². The van der Waals surface area contributed by atoms with E-state index in [4.69, 9.17) is 4.74 Å². The number of aromatic amines is 1. The number of ether oxygens (including phenoxy) is 1. The summed E-state index contributed by atoms with van der Waals surface area (Å²) in [6.45, 7) is 2.45. The van der Waals surface area contributed by atoms with E-state index in [0.29, 0.717) is 35.7 Å². The molecular weight excluding hydrogens is 416 g/mol. The van der Waals surface area contributed by atoms with Crippen molar-refractivity contribution < 1.29 is 18.3 Å². The Labute approximate surface area is 183 Å². The summed E-state index contributed by atoms with van der Waals surface area (Å²) in [5, 5.41) is 7.80. The average molecular weight is 437 g/mol. The van der Waals surface area contributed by atoms with Gasteiger partial charge < -0.3 is 9.64 Å². The van der Waals surface area contributed by atoms with Gasteiger partial charge in [0.25, 0.3) is 12.3 Å². The Kier molecular flexibility index (Phi) is 6.07. The number of hydrogen-bond acceptors (Lipinski definition) is 5. The number of pyridine rings is 2. The van der Waals surface area contributed by atoms with Gasteiger partial charge in [0.2, 0.25) is 0 Å². The first-order chi connectivity index (χ1) is 15.5. The van der Waals surface area contributed by atoms with E-state index in [-0.39, 0.29) is 11.5 Å². The molecule has 0 aliphatic heterocycles. The van der Waals surface area contributed by atoms with Crippen LogP contribution >= 0.6 is 0 Å². The molecule has 32 heavy (non-hydrogen) atoms. The summed E-state index contributed by atoms with van der Waals surface area (Å²) in [5.74, 6) is 0.0957. The number of nitrogens with one attached hydrogen (secondary N) is 1. The molecule has 1 N–H and O–H groups in total. The number of alkyl halides is 2. The Morgan fingerprint density at radius 2 is 2.03 bits per heavy atom. The maximum Gasteiger partial charge on any atom is 0.263 e. The quantitative estimate of drug-likeness (QED) is 0.456. The molecule has 7 nitrogen and oxygen atoms in total. The zero-order valence-electron chi connectivity index (χ0n) is 17.5. The molecule has 164 valence electrons. The number of carbonyl (C=O) groups excluding carboxylic acids is 1. The van der Waals surface area contributed by atoms with Gasteiger partial charge in [0, 0.05) is 54.3 Å². The molecule has 3 heterocycles. The van der Waals surface area contributed by atoms with Crippen molar-refractivity contribution in [2.45, 2.75) is 19.9 Å². The lowest BCUT2D eigenvalue weighted by Gasteiger charge is -2.18. The molecule has 4 aromatic rings. The molecule has 0 atom stereocenters. The van der Waals surface area contributed by atoms with Crippen molar-refractivity contribution in [1.29, 1.82) is 0 Å². The number of aromatic nitrogens is 4. The highest BCUT2D eigenvalue weighted by Gasteiger charge is 2.19. The molecule has 1 aromatic carbocycles. The molecule has 0 fully saturated rings. The van der Waals surface area contributed by atoms with Crippen LogP contribution in [0, 0.1) is 0 Å². The molecular formula is C23H21F2N5O2.